The van der Waals surface area contributed by atoms with E-state index in [0.29, 0.717) is 16.8 Å². The average molecular weight is 315 g/mol. The van der Waals surface area contributed by atoms with Gasteiger partial charge in [-0.25, -0.2) is 0 Å². The number of hydrogen-bond acceptors (Lipinski definition) is 3. The number of phenolic OH excluding ortho intramolecular Hbond substituents is 1. The van der Waals surface area contributed by atoms with Gasteiger partial charge in [-0.1, -0.05) is 42.5 Å². The lowest BCUT2D eigenvalue weighted by molar-refractivity contribution is 0.105. The van der Waals surface area contributed by atoms with E-state index in [0.717, 1.165) is 11.1 Å². The third kappa shape index (κ3) is 3.52. The first-order valence-electron chi connectivity index (χ1n) is 7.60. The van der Waals surface area contributed by atoms with Gasteiger partial charge in [0.1, 0.15) is 5.75 Å². The molecule has 3 aromatic carbocycles. The molecule has 0 fully saturated rings. The highest BCUT2D eigenvalue weighted by Crippen LogP contribution is 2.24. The number of rotatable bonds is 4. The number of benzene rings is 3. The molecule has 0 saturated heterocycles. The molecule has 3 rings (SSSR count). The number of aromatic hydroxyl groups is 1. The molecule has 118 valence electrons. The lowest BCUT2D eigenvalue weighted by atomic mass is 9.94. The Morgan fingerprint density at radius 3 is 2.04 bits per heavy atom. The summed E-state index contributed by atoms with van der Waals surface area (Å²) in [6.45, 7) is 0. The summed E-state index contributed by atoms with van der Waals surface area (Å²) < 4.78 is 0. The number of ketones is 1. The van der Waals surface area contributed by atoms with Crippen molar-refractivity contribution >= 4 is 23.1 Å². The van der Waals surface area contributed by atoms with Crippen molar-refractivity contribution in [3.63, 3.8) is 0 Å². The van der Waals surface area contributed by atoms with Crippen LogP contribution in [0.5, 0.6) is 5.75 Å². The largest absolute Gasteiger partial charge is 0.508 e. The Hall–Kier alpha value is -3.33. The fourth-order valence-electron chi connectivity index (χ4n) is 2.42. The first-order valence-corrected chi connectivity index (χ1v) is 7.60. The Morgan fingerprint density at radius 1 is 0.792 bits per heavy atom. The second kappa shape index (κ2) is 6.84. The fourth-order valence-corrected chi connectivity index (χ4v) is 2.42. The maximum Gasteiger partial charge on any atom is 0.193 e. The first-order chi connectivity index (χ1) is 11.6. The smallest absolute Gasteiger partial charge is 0.193 e. The normalized spacial score (nSPS) is 11.2. The lowest BCUT2D eigenvalue weighted by Crippen LogP contribution is -2.02. The molecule has 0 aliphatic rings. The maximum atomic E-state index is 13.0. The number of allylic oxidation sites excluding steroid dienone is 1. The van der Waals surface area contributed by atoms with Gasteiger partial charge in [0.25, 0.3) is 0 Å². The van der Waals surface area contributed by atoms with Crippen LogP contribution in [0, 0.1) is 0 Å². The van der Waals surface area contributed by atoms with Crippen molar-refractivity contribution in [3.8, 4) is 5.75 Å². The maximum absolute atomic E-state index is 13.0. The van der Waals surface area contributed by atoms with Crippen LogP contribution in [-0.2, 0) is 0 Å². The summed E-state index contributed by atoms with van der Waals surface area (Å²) in [6, 6.07) is 23.2. The zero-order chi connectivity index (χ0) is 16.9. The molecule has 3 aromatic rings. The van der Waals surface area contributed by atoms with E-state index in [-0.39, 0.29) is 11.5 Å². The molecule has 0 spiro atoms. The van der Waals surface area contributed by atoms with Gasteiger partial charge < -0.3 is 10.8 Å². The number of carbonyl (C=O) groups is 1. The predicted octanol–water partition coefficient (Wildman–Crippen LogP) is 4.40. The number of carbonyl (C=O) groups excluding carboxylic acids is 1. The van der Waals surface area contributed by atoms with Gasteiger partial charge in [-0.15, -0.1) is 0 Å². The molecule has 0 amide bonds. The van der Waals surface area contributed by atoms with Crippen LogP contribution in [0.15, 0.2) is 78.9 Å². The standard InChI is InChI=1S/C21H17NO2/c22-18-10-6-15(7-11-18)14-20(16-4-2-1-3-5-16)21(24)17-8-12-19(23)13-9-17/h1-14,23H,22H2/b20-14+. The highest BCUT2D eigenvalue weighted by Gasteiger charge is 2.14. The molecule has 3 N–H and O–H groups in total. The van der Waals surface area contributed by atoms with Crippen LogP contribution in [0.2, 0.25) is 0 Å². The molecule has 0 unspecified atom stereocenters. The number of hydrogen-bond donors (Lipinski definition) is 2. The Bertz CT molecular complexity index is 864. The van der Waals surface area contributed by atoms with Gasteiger partial charge >= 0.3 is 0 Å². The summed E-state index contributed by atoms with van der Waals surface area (Å²) in [5.74, 6) is 0.0355. The molecule has 3 heteroatoms. The average Bonchev–Trinajstić information content (AvgIpc) is 2.62. The third-order valence-corrected chi connectivity index (χ3v) is 3.71. The van der Waals surface area contributed by atoms with Crippen molar-refractivity contribution in [2.45, 2.75) is 0 Å². The van der Waals surface area contributed by atoms with E-state index in [4.69, 9.17) is 5.73 Å². The summed E-state index contributed by atoms with van der Waals surface area (Å²) >= 11 is 0. The van der Waals surface area contributed by atoms with E-state index in [2.05, 4.69) is 0 Å². The molecular weight excluding hydrogens is 298 g/mol. The SMILES string of the molecule is Nc1ccc(/C=C(/C(=O)c2ccc(O)cc2)c2ccccc2)cc1. The van der Waals surface area contributed by atoms with Gasteiger partial charge in [0, 0.05) is 16.8 Å². The molecule has 0 heterocycles. The Kier molecular flexibility index (Phi) is 4.43. The van der Waals surface area contributed by atoms with Gasteiger partial charge in [-0.3, -0.25) is 4.79 Å². The minimum Gasteiger partial charge on any atom is -0.508 e. The molecule has 0 bridgehead atoms. The first kappa shape index (κ1) is 15.6. The molecule has 0 atom stereocenters. The summed E-state index contributed by atoms with van der Waals surface area (Å²) in [6.07, 6.45) is 1.85. The second-order valence-electron chi connectivity index (χ2n) is 5.47. The highest BCUT2D eigenvalue weighted by atomic mass is 16.3. The van der Waals surface area contributed by atoms with E-state index in [9.17, 15) is 9.90 Å². The van der Waals surface area contributed by atoms with Gasteiger partial charge in [-0.05, 0) is 53.6 Å². The van der Waals surface area contributed by atoms with Gasteiger partial charge in [-0.2, -0.15) is 0 Å². The molecule has 0 aliphatic heterocycles. The molecule has 3 nitrogen and oxygen atoms in total. The topological polar surface area (TPSA) is 63.3 Å². The lowest BCUT2D eigenvalue weighted by Gasteiger charge is -2.08. The molecular formula is C21H17NO2. The minimum atomic E-state index is -0.0991. The quantitative estimate of drug-likeness (QED) is 0.325. The van der Waals surface area contributed by atoms with Crippen molar-refractivity contribution in [1.29, 1.82) is 0 Å². The zero-order valence-electron chi connectivity index (χ0n) is 13.0. The summed E-state index contributed by atoms with van der Waals surface area (Å²) in [5, 5.41) is 9.42. The van der Waals surface area contributed by atoms with Crippen LogP contribution in [0.25, 0.3) is 11.6 Å². The van der Waals surface area contributed by atoms with Crippen LogP contribution in [-0.4, -0.2) is 10.9 Å². The van der Waals surface area contributed by atoms with E-state index in [1.54, 1.807) is 24.3 Å². The summed E-state index contributed by atoms with van der Waals surface area (Å²) in [5.41, 5.74) is 9.25. The Labute approximate surface area is 140 Å². The van der Waals surface area contributed by atoms with Crippen molar-refractivity contribution in [2.75, 3.05) is 5.73 Å². The van der Waals surface area contributed by atoms with E-state index in [1.807, 2.05) is 48.5 Å². The van der Waals surface area contributed by atoms with Crippen molar-refractivity contribution in [1.82, 2.24) is 0 Å². The predicted molar refractivity (Wildman–Crippen MR) is 97.6 cm³/mol. The molecule has 0 saturated carbocycles. The zero-order valence-corrected chi connectivity index (χ0v) is 13.0. The molecule has 24 heavy (non-hydrogen) atoms. The fraction of sp³-hybridized carbons (Fsp3) is 0. The van der Waals surface area contributed by atoms with Crippen LogP contribution in [0.3, 0.4) is 0 Å². The number of anilines is 1. The van der Waals surface area contributed by atoms with Crippen LogP contribution in [0.4, 0.5) is 5.69 Å². The number of nitrogen functional groups attached to an aromatic ring is 1. The van der Waals surface area contributed by atoms with Crippen LogP contribution in [0.1, 0.15) is 21.5 Å². The summed E-state index contributed by atoms with van der Waals surface area (Å²) in [7, 11) is 0. The van der Waals surface area contributed by atoms with E-state index < -0.39 is 0 Å². The number of nitrogens with two attached hydrogens (primary N) is 1. The van der Waals surface area contributed by atoms with Crippen molar-refractivity contribution in [2.24, 2.45) is 0 Å². The molecule has 0 radical (unpaired) electrons. The van der Waals surface area contributed by atoms with Gasteiger partial charge in [0.2, 0.25) is 0 Å². The monoisotopic (exact) mass is 315 g/mol. The second-order valence-corrected chi connectivity index (χ2v) is 5.47. The van der Waals surface area contributed by atoms with Crippen LogP contribution < -0.4 is 5.73 Å². The Balaban J connectivity index is 2.06. The van der Waals surface area contributed by atoms with Gasteiger partial charge in [0.15, 0.2) is 5.78 Å². The van der Waals surface area contributed by atoms with E-state index >= 15 is 0 Å². The molecule has 0 aromatic heterocycles. The summed E-state index contributed by atoms with van der Waals surface area (Å²) in [4.78, 5) is 13.0. The van der Waals surface area contributed by atoms with E-state index in [1.165, 1.54) is 12.1 Å². The third-order valence-electron chi connectivity index (χ3n) is 3.71. The van der Waals surface area contributed by atoms with Crippen molar-refractivity contribution in [3.05, 3.63) is 95.6 Å². The van der Waals surface area contributed by atoms with Crippen molar-refractivity contribution < 1.29 is 9.90 Å². The molecule has 0 aliphatic carbocycles. The Morgan fingerprint density at radius 2 is 1.42 bits per heavy atom. The number of Topliss-reactive ketones (excluding diaryl/α,β-unsaturated/α-hetero) is 1. The minimum absolute atomic E-state index is 0.0991. The van der Waals surface area contributed by atoms with Crippen LogP contribution >= 0.6 is 0 Å². The number of phenols is 1. The van der Waals surface area contributed by atoms with Gasteiger partial charge in [0.05, 0.1) is 0 Å². The highest BCUT2D eigenvalue weighted by molar-refractivity contribution is 6.32.